The Hall–Kier alpha value is -3.02. The molecule has 0 saturated heterocycles. The number of nitrogens with zero attached hydrogens (tertiary/aromatic N) is 1. The Balaban J connectivity index is 1.97. The van der Waals surface area contributed by atoms with Gasteiger partial charge < -0.3 is 15.7 Å². The van der Waals surface area contributed by atoms with E-state index in [1.807, 2.05) is 38.3 Å². The van der Waals surface area contributed by atoms with Gasteiger partial charge in [-0.15, -0.1) is 0 Å². The summed E-state index contributed by atoms with van der Waals surface area (Å²) in [6.45, 7) is 16.1. The number of carbonyl (C=O) groups excluding carboxylic acids is 1. The quantitative estimate of drug-likeness (QED) is 0.224. The first kappa shape index (κ1) is 30.2. The fraction of sp³-hybridized carbons (Fsp3) is 0.438. The Morgan fingerprint density at radius 2 is 1.65 bits per heavy atom. The first-order valence-electron chi connectivity index (χ1n) is 13.3. The summed E-state index contributed by atoms with van der Waals surface area (Å²) < 4.78 is 0. The molecule has 0 heterocycles. The van der Waals surface area contributed by atoms with E-state index >= 15 is 0 Å². The van der Waals surface area contributed by atoms with Crippen molar-refractivity contribution in [2.24, 2.45) is 10.9 Å². The predicted octanol–water partition coefficient (Wildman–Crippen LogP) is 6.22. The number of hydrogen-bond donors (Lipinski definition) is 3. The molecule has 0 aliphatic heterocycles. The van der Waals surface area contributed by atoms with Crippen molar-refractivity contribution in [3.05, 3.63) is 93.2 Å². The number of nitrogens with one attached hydrogen (secondary N) is 2. The largest absolute Gasteiger partial charge is 0.392 e. The van der Waals surface area contributed by atoms with Gasteiger partial charge in [0, 0.05) is 25.8 Å². The van der Waals surface area contributed by atoms with E-state index in [4.69, 9.17) is 0 Å². The lowest BCUT2D eigenvalue weighted by Crippen LogP contribution is -2.27. The van der Waals surface area contributed by atoms with Crippen LogP contribution in [0.15, 0.2) is 70.4 Å². The lowest BCUT2D eigenvalue weighted by molar-refractivity contribution is -0.122. The molecule has 200 valence electrons. The molecule has 37 heavy (non-hydrogen) atoms. The Bertz CT molecular complexity index is 1110. The van der Waals surface area contributed by atoms with Crippen LogP contribution in [0.5, 0.6) is 0 Å². The van der Waals surface area contributed by atoms with Gasteiger partial charge in [0.15, 0.2) is 0 Å². The summed E-state index contributed by atoms with van der Waals surface area (Å²) in [5.41, 5.74) is 8.55. The molecular weight excluding hydrogens is 458 g/mol. The molecule has 3 N–H and O–H groups in total. The molecule has 1 amide bonds. The summed E-state index contributed by atoms with van der Waals surface area (Å²) >= 11 is 0. The molecule has 2 aromatic rings. The van der Waals surface area contributed by atoms with Crippen molar-refractivity contribution < 1.29 is 9.90 Å². The van der Waals surface area contributed by atoms with Gasteiger partial charge in [0.25, 0.3) is 0 Å². The van der Waals surface area contributed by atoms with Crippen molar-refractivity contribution in [1.82, 2.24) is 10.6 Å². The molecule has 2 aromatic carbocycles. The van der Waals surface area contributed by atoms with Crippen LogP contribution in [0.3, 0.4) is 0 Å². The predicted molar refractivity (Wildman–Crippen MR) is 156 cm³/mol. The van der Waals surface area contributed by atoms with Gasteiger partial charge in [-0.3, -0.25) is 9.79 Å². The van der Waals surface area contributed by atoms with Crippen LogP contribution in [0.25, 0.3) is 0 Å². The minimum absolute atomic E-state index is 0.00423. The van der Waals surface area contributed by atoms with Gasteiger partial charge in [0.2, 0.25) is 5.91 Å². The van der Waals surface area contributed by atoms with Gasteiger partial charge >= 0.3 is 0 Å². The number of allylic oxidation sites excluding steroid dienone is 3. The zero-order valence-electron chi connectivity index (χ0n) is 23.7. The third-order valence-corrected chi connectivity index (χ3v) is 6.28. The number of aliphatic hydroxyl groups excluding tert-OH is 1. The molecule has 0 fully saturated rings. The number of benzene rings is 2. The van der Waals surface area contributed by atoms with E-state index in [0.29, 0.717) is 25.6 Å². The van der Waals surface area contributed by atoms with Crippen molar-refractivity contribution in [1.29, 1.82) is 0 Å². The average molecular weight is 504 g/mol. The molecule has 0 aliphatic carbocycles. The summed E-state index contributed by atoms with van der Waals surface area (Å²) in [6.07, 6.45) is 4.99. The van der Waals surface area contributed by atoms with Crippen molar-refractivity contribution in [2.45, 2.75) is 80.5 Å². The highest BCUT2D eigenvalue weighted by Gasteiger charge is 2.15. The highest BCUT2D eigenvalue weighted by atomic mass is 16.3. The second kappa shape index (κ2) is 15.3. The smallest absolute Gasteiger partial charge is 0.227 e. The van der Waals surface area contributed by atoms with Crippen LogP contribution in [0.1, 0.15) is 82.2 Å². The van der Waals surface area contributed by atoms with Crippen molar-refractivity contribution in [3.63, 3.8) is 0 Å². The maximum absolute atomic E-state index is 12.8. The first-order chi connectivity index (χ1) is 17.6. The summed E-state index contributed by atoms with van der Waals surface area (Å²) in [6, 6.07) is 14.4. The minimum Gasteiger partial charge on any atom is -0.392 e. The molecule has 1 unspecified atom stereocenters. The lowest BCUT2D eigenvalue weighted by atomic mass is 9.96. The Morgan fingerprint density at radius 1 is 0.973 bits per heavy atom. The van der Waals surface area contributed by atoms with Crippen LogP contribution in [-0.2, 0) is 30.9 Å². The summed E-state index contributed by atoms with van der Waals surface area (Å²) in [4.78, 5) is 17.3. The second-order valence-electron chi connectivity index (χ2n) is 10.4. The monoisotopic (exact) mass is 503 g/mol. The highest BCUT2D eigenvalue weighted by Crippen LogP contribution is 2.19. The molecule has 2 rings (SSSR count). The van der Waals surface area contributed by atoms with E-state index in [2.05, 4.69) is 80.6 Å². The van der Waals surface area contributed by atoms with E-state index in [1.165, 1.54) is 11.1 Å². The SMILES string of the molecule is CC=N/C(CNCc1ccc(CNC(=O)C(C)c2ccc(CC(C)C)cc2)cc1CO)=C(/C)C=C(C)C. The Labute approximate surface area is 223 Å². The van der Waals surface area contributed by atoms with Crippen LogP contribution in [0, 0.1) is 5.92 Å². The standard InChI is InChI=1S/C32H45N3O2/c1-8-34-31(24(6)15-22(2)3)20-33-19-29-14-11-27(17-30(29)21-36)18-35-32(37)25(7)28-12-9-26(10-13-28)16-23(4)5/h8-15,17,23,25,33,36H,16,18-21H2,1-7H3,(H,35,37)/b31-24-,34-8?. The minimum atomic E-state index is -0.225. The maximum atomic E-state index is 12.8. The van der Waals surface area contributed by atoms with Crippen LogP contribution in [0.4, 0.5) is 0 Å². The summed E-state index contributed by atoms with van der Waals surface area (Å²) in [5.74, 6) is 0.381. The Morgan fingerprint density at radius 3 is 2.24 bits per heavy atom. The Kier molecular flexibility index (Phi) is 12.5. The zero-order valence-corrected chi connectivity index (χ0v) is 23.7. The number of hydrogen-bond acceptors (Lipinski definition) is 4. The number of aliphatic hydroxyl groups is 1. The van der Waals surface area contributed by atoms with Gasteiger partial charge in [-0.1, -0.05) is 68.0 Å². The van der Waals surface area contributed by atoms with E-state index in [-0.39, 0.29) is 18.4 Å². The third kappa shape index (κ3) is 10.1. The first-order valence-corrected chi connectivity index (χ1v) is 13.3. The van der Waals surface area contributed by atoms with Crippen LogP contribution < -0.4 is 10.6 Å². The van der Waals surface area contributed by atoms with Crippen LogP contribution in [0.2, 0.25) is 0 Å². The van der Waals surface area contributed by atoms with Crippen molar-refractivity contribution >= 4 is 12.1 Å². The normalized spacial score (nSPS) is 13.0. The van der Waals surface area contributed by atoms with Gasteiger partial charge in [-0.2, -0.15) is 0 Å². The fourth-order valence-electron chi connectivity index (χ4n) is 4.29. The second-order valence-corrected chi connectivity index (χ2v) is 10.4. The topological polar surface area (TPSA) is 73.7 Å². The van der Waals surface area contributed by atoms with Crippen LogP contribution in [-0.4, -0.2) is 23.8 Å². The van der Waals surface area contributed by atoms with Crippen molar-refractivity contribution in [3.8, 4) is 0 Å². The van der Waals surface area contributed by atoms with Gasteiger partial charge in [0.1, 0.15) is 0 Å². The van der Waals surface area contributed by atoms with Crippen LogP contribution >= 0.6 is 0 Å². The zero-order chi connectivity index (χ0) is 27.4. The lowest BCUT2D eigenvalue weighted by Gasteiger charge is -2.15. The molecule has 0 aromatic heterocycles. The molecule has 0 bridgehead atoms. The number of aliphatic imine (C=N–C) groups is 1. The fourth-order valence-corrected chi connectivity index (χ4v) is 4.29. The molecular formula is C32H45N3O2. The van der Waals surface area contributed by atoms with Gasteiger partial charge in [0.05, 0.1) is 18.2 Å². The summed E-state index contributed by atoms with van der Waals surface area (Å²) in [5, 5.41) is 16.5. The summed E-state index contributed by atoms with van der Waals surface area (Å²) in [7, 11) is 0. The highest BCUT2D eigenvalue weighted by molar-refractivity contribution is 5.83. The van der Waals surface area contributed by atoms with Crippen molar-refractivity contribution in [2.75, 3.05) is 6.54 Å². The van der Waals surface area contributed by atoms with E-state index in [1.54, 1.807) is 0 Å². The number of amides is 1. The maximum Gasteiger partial charge on any atom is 0.227 e. The number of carbonyl (C=O) groups is 1. The molecule has 0 saturated carbocycles. The number of rotatable bonds is 13. The molecule has 0 radical (unpaired) electrons. The van der Waals surface area contributed by atoms with Gasteiger partial charge in [-0.05, 0) is 80.3 Å². The third-order valence-electron chi connectivity index (χ3n) is 6.28. The average Bonchev–Trinajstić information content (AvgIpc) is 2.86. The molecule has 0 aliphatic rings. The van der Waals surface area contributed by atoms with E-state index in [9.17, 15) is 9.90 Å². The van der Waals surface area contributed by atoms with Gasteiger partial charge in [-0.25, -0.2) is 0 Å². The van der Waals surface area contributed by atoms with E-state index < -0.39 is 0 Å². The van der Waals surface area contributed by atoms with E-state index in [0.717, 1.165) is 39.9 Å². The molecule has 0 spiro atoms. The molecule has 5 heteroatoms. The molecule has 5 nitrogen and oxygen atoms in total. The molecule has 1 atom stereocenters.